The second-order valence-electron chi connectivity index (χ2n) is 4.02. The Morgan fingerprint density at radius 1 is 1.18 bits per heavy atom. The fourth-order valence-corrected chi connectivity index (χ4v) is 1.72. The van der Waals surface area contributed by atoms with E-state index >= 15 is 0 Å². The molecule has 0 atom stereocenters. The van der Waals surface area contributed by atoms with Crippen molar-refractivity contribution in [1.29, 1.82) is 0 Å². The van der Waals surface area contributed by atoms with Crippen LogP contribution in [0.1, 0.15) is 26.7 Å². The first-order valence-electron chi connectivity index (χ1n) is 4.35. The number of aromatic nitrogens is 1. The zero-order chi connectivity index (χ0) is 7.90. The smallest absolute Gasteiger partial charge is 0.0411 e. The summed E-state index contributed by atoms with van der Waals surface area (Å²) in [6.07, 6.45) is 7.15. The summed E-state index contributed by atoms with van der Waals surface area (Å²) in [7, 11) is 0. The third-order valence-corrected chi connectivity index (χ3v) is 2.85. The molecular weight excluding hydrogens is 134 g/mol. The molecular formula is C10H15N. The van der Waals surface area contributed by atoms with E-state index in [-0.39, 0.29) is 0 Å². The lowest BCUT2D eigenvalue weighted by Gasteiger charge is -2.26. The van der Waals surface area contributed by atoms with Crippen molar-refractivity contribution in [3.05, 3.63) is 24.5 Å². The van der Waals surface area contributed by atoms with Gasteiger partial charge in [-0.05, 0) is 44.7 Å². The second-order valence-corrected chi connectivity index (χ2v) is 4.02. The number of hydrogen-bond donors (Lipinski definition) is 0. The van der Waals surface area contributed by atoms with Crippen LogP contribution in [0.5, 0.6) is 0 Å². The molecule has 1 saturated carbocycles. The van der Waals surface area contributed by atoms with Gasteiger partial charge in [-0.1, -0.05) is 0 Å². The predicted octanol–water partition coefficient (Wildman–Crippen LogP) is 2.63. The summed E-state index contributed by atoms with van der Waals surface area (Å²) in [6.45, 7) is 4.65. The molecule has 60 valence electrons. The maximum atomic E-state index is 2.32. The predicted molar refractivity (Wildman–Crippen MR) is 46.5 cm³/mol. The molecule has 0 bridgehead atoms. The van der Waals surface area contributed by atoms with Crippen molar-refractivity contribution in [2.24, 2.45) is 5.92 Å². The molecule has 0 saturated heterocycles. The Morgan fingerprint density at radius 3 is 2.18 bits per heavy atom. The van der Waals surface area contributed by atoms with Gasteiger partial charge in [0.15, 0.2) is 0 Å². The van der Waals surface area contributed by atoms with Crippen LogP contribution >= 0.6 is 0 Å². The van der Waals surface area contributed by atoms with E-state index in [2.05, 4.69) is 42.9 Å². The van der Waals surface area contributed by atoms with Gasteiger partial charge in [-0.15, -0.1) is 0 Å². The molecule has 1 aromatic rings. The van der Waals surface area contributed by atoms with Gasteiger partial charge < -0.3 is 4.57 Å². The average molecular weight is 149 g/mol. The Balaban J connectivity index is 2.26. The highest BCUT2D eigenvalue weighted by Crippen LogP contribution is 2.43. The van der Waals surface area contributed by atoms with E-state index in [1.165, 1.54) is 12.8 Å². The number of rotatable bonds is 2. The Labute approximate surface area is 68.0 Å². The first-order valence-corrected chi connectivity index (χ1v) is 4.35. The zero-order valence-electron chi connectivity index (χ0n) is 7.25. The van der Waals surface area contributed by atoms with E-state index in [1.54, 1.807) is 0 Å². The van der Waals surface area contributed by atoms with Gasteiger partial charge in [0, 0.05) is 17.9 Å². The normalized spacial score (nSPS) is 18.7. The van der Waals surface area contributed by atoms with E-state index in [0.29, 0.717) is 5.54 Å². The molecule has 11 heavy (non-hydrogen) atoms. The molecule has 0 unspecified atom stereocenters. The van der Waals surface area contributed by atoms with Crippen LogP contribution in [0.4, 0.5) is 0 Å². The van der Waals surface area contributed by atoms with Crippen LogP contribution in [0.15, 0.2) is 24.5 Å². The highest BCUT2D eigenvalue weighted by Gasteiger charge is 2.38. The van der Waals surface area contributed by atoms with Gasteiger partial charge in [-0.2, -0.15) is 0 Å². The van der Waals surface area contributed by atoms with Gasteiger partial charge in [0.05, 0.1) is 0 Å². The number of nitrogens with zero attached hydrogens (tertiary/aromatic N) is 1. The first kappa shape index (κ1) is 6.96. The minimum Gasteiger partial charge on any atom is -0.349 e. The standard InChI is InChI=1S/C10H15N/c1-10(2,9-5-6-9)11-7-3-4-8-11/h3-4,7-9H,5-6H2,1-2H3. The van der Waals surface area contributed by atoms with Crippen LogP contribution in [0.3, 0.4) is 0 Å². The van der Waals surface area contributed by atoms with Gasteiger partial charge in [0.2, 0.25) is 0 Å². The molecule has 1 aromatic heterocycles. The van der Waals surface area contributed by atoms with Crippen molar-refractivity contribution in [3.8, 4) is 0 Å². The van der Waals surface area contributed by atoms with Crippen molar-refractivity contribution in [1.82, 2.24) is 4.57 Å². The Kier molecular flexibility index (Phi) is 1.35. The summed E-state index contributed by atoms with van der Waals surface area (Å²) < 4.78 is 2.32. The lowest BCUT2D eigenvalue weighted by molar-refractivity contribution is 0.305. The Bertz CT molecular complexity index is 229. The fourth-order valence-electron chi connectivity index (χ4n) is 1.72. The summed E-state index contributed by atoms with van der Waals surface area (Å²) in [4.78, 5) is 0. The zero-order valence-corrected chi connectivity index (χ0v) is 7.25. The van der Waals surface area contributed by atoms with E-state index < -0.39 is 0 Å². The maximum absolute atomic E-state index is 2.32. The summed E-state index contributed by atoms with van der Waals surface area (Å²) in [6, 6.07) is 4.20. The molecule has 0 amide bonds. The molecule has 0 radical (unpaired) electrons. The molecule has 2 rings (SSSR count). The maximum Gasteiger partial charge on any atom is 0.0411 e. The fraction of sp³-hybridized carbons (Fsp3) is 0.600. The van der Waals surface area contributed by atoms with E-state index in [0.717, 1.165) is 5.92 Å². The third kappa shape index (κ3) is 1.09. The van der Waals surface area contributed by atoms with Gasteiger partial charge in [0.25, 0.3) is 0 Å². The molecule has 1 heterocycles. The Morgan fingerprint density at radius 2 is 1.73 bits per heavy atom. The minimum atomic E-state index is 0.351. The number of hydrogen-bond acceptors (Lipinski definition) is 0. The van der Waals surface area contributed by atoms with Crippen molar-refractivity contribution in [2.75, 3.05) is 0 Å². The summed E-state index contributed by atoms with van der Waals surface area (Å²) in [5, 5.41) is 0. The van der Waals surface area contributed by atoms with Crippen LogP contribution in [-0.4, -0.2) is 4.57 Å². The molecule has 0 aliphatic heterocycles. The lowest BCUT2D eigenvalue weighted by atomic mass is 9.99. The van der Waals surface area contributed by atoms with Gasteiger partial charge in [0.1, 0.15) is 0 Å². The highest BCUT2D eigenvalue weighted by molar-refractivity contribution is 5.01. The van der Waals surface area contributed by atoms with Crippen LogP contribution in [0, 0.1) is 5.92 Å². The molecule has 1 fully saturated rings. The summed E-state index contributed by atoms with van der Waals surface area (Å²) in [5.74, 6) is 0.912. The van der Waals surface area contributed by atoms with Gasteiger partial charge >= 0.3 is 0 Å². The van der Waals surface area contributed by atoms with Crippen molar-refractivity contribution in [2.45, 2.75) is 32.2 Å². The SMILES string of the molecule is CC(C)(C1CC1)n1cccc1. The molecule has 1 aliphatic rings. The molecule has 0 spiro atoms. The van der Waals surface area contributed by atoms with E-state index in [4.69, 9.17) is 0 Å². The van der Waals surface area contributed by atoms with Gasteiger partial charge in [-0.25, -0.2) is 0 Å². The second kappa shape index (κ2) is 2.13. The van der Waals surface area contributed by atoms with Gasteiger partial charge in [-0.3, -0.25) is 0 Å². The lowest BCUT2D eigenvalue weighted by Crippen LogP contribution is -2.27. The third-order valence-electron chi connectivity index (χ3n) is 2.85. The summed E-state index contributed by atoms with van der Waals surface area (Å²) >= 11 is 0. The van der Waals surface area contributed by atoms with Crippen LogP contribution in [-0.2, 0) is 5.54 Å². The molecule has 0 N–H and O–H groups in total. The topological polar surface area (TPSA) is 4.93 Å². The molecule has 1 aliphatic carbocycles. The van der Waals surface area contributed by atoms with E-state index in [1.807, 2.05) is 0 Å². The quantitative estimate of drug-likeness (QED) is 0.609. The molecule has 0 aromatic carbocycles. The summed E-state index contributed by atoms with van der Waals surface area (Å²) in [5.41, 5.74) is 0.351. The van der Waals surface area contributed by atoms with Crippen molar-refractivity contribution >= 4 is 0 Å². The Hall–Kier alpha value is -0.720. The van der Waals surface area contributed by atoms with Crippen molar-refractivity contribution in [3.63, 3.8) is 0 Å². The average Bonchev–Trinajstić information content (AvgIpc) is 2.66. The molecule has 1 heteroatoms. The van der Waals surface area contributed by atoms with Crippen molar-refractivity contribution < 1.29 is 0 Å². The van der Waals surface area contributed by atoms with Crippen LogP contribution in [0.25, 0.3) is 0 Å². The van der Waals surface area contributed by atoms with E-state index in [9.17, 15) is 0 Å². The molecule has 1 nitrogen and oxygen atoms in total. The first-order chi connectivity index (χ1) is 5.21. The monoisotopic (exact) mass is 149 g/mol. The largest absolute Gasteiger partial charge is 0.349 e. The highest BCUT2D eigenvalue weighted by atomic mass is 15.0. The minimum absolute atomic E-state index is 0.351. The van der Waals surface area contributed by atoms with Crippen LogP contribution in [0.2, 0.25) is 0 Å². The van der Waals surface area contributed by atoms with Crippen LogP contribution < -0.4 is 0 Å².